The Morgan fingerprint density at radius 2 is 2.06 bits per heavy atom. The van der Waals surface area contributed by atoms with Crippen molar-refractivity contribution in [1.82, 2.24) is 15.6 Å². The SMILES string of the molecule is COc1cccc2[nH]c(C(=O)NC(CC(C)(C)C)C(=O)NC(C#N)CC3CCCC3=O)cc12. The molecule has 1 aliphatic rings. The molecule has 8 heteroatoms. The van der Waals surface area contributed by atoms with Gasteiger partial charge in [0.2, 0.25) is 5.91 Å². The van der Waals surface area contributed by atoms with Crippen LogP contribution in [-0.2, 0) is 9.59 Å². The fourth-order valence-corrected chi connectivity index (χ4v) is 4.32. The number of aromatic nitrogens is 1. The molecule has 3 atom stereocenters. The highest BCUT2D eigenvalue weighted by Gasteiger charge is 2.32. The first-order valence-electron chi connectivity index (χ1n) is 11.3. The number of ketones is 1. The van der Waals surface area contributed by atoms with Gasteiger partial charge in [-0.2, -0.15) is 5.26 Å². The third-order valence-corrected chi connectivity index (χ3v) is 5.95. The van der Waals surface area contributed by atoms with Crippen LogP contribution in [0.1, 0.15) is 63.4 Å². The van der Waals surface area contributed by atoms with Crippen LogP contribution in [0.5, 0.6) is 5.75 Å². The van der Waals surface area contributed by atoms with Gasteiger partial charge in [0.25, 0.3) is 5.91 Å². The maximum Gasteiger partial charge on any atom is 0.268 e. The Hall–Kier alpha value is -3.34. The van der Waals surface area contributed by atoms with E-state index in [-0.39, 0.29) is 17.1 Å². The second-order valence-electron chi connectivity index (χ2n) is 9.88. The molecule has 1 saturated carbocycles. The number of H-pyrrole nitrogens is 1. The number of hydrogen-bond donors (Lipinski definition) is 3. The number of ether oxygens (including phenoxy) is 1. The van der Waals surface area contributed by atoms with Gasteiger partial charge >= 0.3 is 0 Å². The number of rotatable bonds is 8. The molecule has 3 N–H and O–H groups in total. The molecule has 0 saturated heterocycles. The van der Waals surface area contributed by atoms with Gasteiger partial charge in [-0.1, -0.05) is 26.8 Å². The van der Waals surface area contributed by atoms with Crippen LogP contribution in [0, 0.1) is 22.7 Å². The monoisotopic (exact) mass is 452 g/mol. The number of nitriles is 1. The van der Waals surface area contributed by atoms with Gasteiger partial charge in [-0.05, 0) is 49.3 Å². The van der Waals surface area contributed by atoms with Crippen molar-refractivity contribution in [2.75, 3.05) is 7.11 Å². The number of carbonyl (C=O) groups excluding carboxylic acids is 3. The zero-order valence-electron chi connectivity index (χ0n) is 19.7. The maximum absolute atomic E-state index is 13.1. The summed E-state index contributed by atoms with van der Waals surface area (Å²) in [5, 5.41) is 15.9. The summed E-state index contributed by atoms with van der Waals surface area (Å²) in [6.07, 6.45) is 2.80. The number of methoxy groups -OCH3 is 1. The molecule has 8 nitrogen and oxygen atoms in total. The number of nitrogens with zero attached hydrogens (tertiary/aromatic N) is 1. The van der Waals surface area contributed by atoms with Crippen LogP contribution in [0.3, 0.4) is 0 Å². The van der Waals surface area contributed by atoms with E-state index in [4.69, 9.17) is 4.74 Å². The highest BCUT2D eigenvalue weighted by Crippen LogP contribution is 2.27. The van der Waals surface area contributed by atoms with Gasteiger partial charge in [-0.25, -0.2) is 0 Å². The molecule has 0 aliphatic heterocycles. The van der Waals surface area contributed by atoms with E-state index in [1.54, 1.807) is 13.2 Å². The van der Waals surface area contributed by atoms with E-state index in [2.05, 4.69) is 21.7 Å². The van der Waals surface area contributed by atoms with Crippen LogP contribution in [0.25, 0.3) is 10.9 Å². The fraction of sp³-hybridized carbons (Fsp3) is 0.520. The van der Waals surface area contributed by atoms with Crippen molar-refractivity contribution in [3.63, 3.8) is 0 Å². The minimum atomic E-state index is -0.832. The van der Waals surface area contributed by atoms with Crippen molar-refractivity contribution in [2.24, 2.45) is 11.3 Å². The number of hydrogen-bond acceptors (Lipinski definition) is 5. The van der Waals surface area contributed by atoms with Gasteiger partial charge in [0, 0.05) is 23.2 Å². The quantitative estimate of drug-likeness (QED) is 0.566. The summed E-state index contributed by atoms with van der Waals surface area (Å²) in [7, 11) is 1.57. The van der Waals surface area contributed by atoms with Gasteiger partial charge in [0.05, 0.1) is 13.2 Å². The highest BCUT2D eigenvalue weighted by molar-refractivity contribution is 6.01. The predicted octanol–water partition coefficient (Wildman–Crippen LogP) is 3.48. The number of benzene rings is 1. The number of aromatic amines is 1. The van der Waals surface area contributed by atoms with Crippen LogP contribution < -0.4 is 15.4 Å². The molecule has 3 unspecified atom stereocenters. The van der Waals surface area contributed by atoms with Crippen LogP contribution in [0.2, 0.25) is 0 Å². The third-order valence-electron chi connectivity index (χ3n) is 5.95. The van der Waals surface area contributed by atoms with Gasteiger partial charge < -0.3 is 20.4 Å². The molecule has 0 radical (unpaired) electrons. The van der Waals surface area contributed by atoms with Crippen molar-refractivity contribution < 1.29 is 19.1 Å². The first-order chi connectivity index (χ1) is 15.6. The molecule has 1 aromatic heterocycles. The predicted molar refractivity (Wildman–Crippen MR) is 125 cm³/mol. The van der Waals surface area contributed by atoms with Gasteiger partial charge in [0.1, 0.15) is 29.3 Å². The van der Waals surface area contributed by atoms with Crippen LogP contribution >= 0.6 is 0 Å². The van der Waals surface area contributed by atoms with Crippen LogP contribution in [-0.4, -0.2) is 41.8 Å². The maximum atomic E-state index is 13.1. The first kappa shape index (κ1) is 24.3. The van der Waals surface area contributed by atoms with E-state index in [0.717, 1.165) is 23.7 Å². The van der Waals surface area contributed by atoms with Crippen molar-refractivity contribution in [2.45, 2.75) is 65.0 Å². The molecule has 3 rings (SSSR count). The second-order valence-corrected chi connectivity index (χ2v) is 9.88. The normalized spacial score (nSPS) is 17.9. The summed E-state index contributed by atoms with van der Waals surface area (Å²) in [6, 6.07) is 7.66. The molecular formula is C25H32N4O4. The Bertz CT molecular complexity index is 1080. The zero-order valence-corrected chi connectivity index (χ0v) is 19.7. The Morgan fingerprint density at radius 3 is 2.67 bits per heavy atom. The fourth-order valence-electron chi connectivity index (χ4n) is 4.32. The summed E-state index contributed by atoms with van der Waals surface area (Å²) >= 11 is 0. The Labute approximate surface area is 194 Å². The van der Waals surface area contributed by atoms with E-state index in [0.29, 0.717) is 30.7 Å². The minimum absolute atomic E-state index is 0.151. The summed E-state index contributed by atoms with van der Waals surface area (Å²) in [5.41, 5.74) is 0.819. The summed E-state index contributed by atoms with van der Waals surface area (Å²) in [4.78, 5) is 41.1. The molecule has 2 aromatic rings. The smallest absolute Gasteiger partial charge is 0.268 e. The first-order valence-corrected chi connectivity index (χ1v) is 11.3. The molecule has 0 bridgehead atoms. The lowest BCUT2D eigenvalue weighted by atomic mass is 9.87. The number of fused-ring (bicyclic) bond motifs is 1. The second kappa shape index (κ2) is 10.1. The topological polar surface area (TPSA) is 124 Å². The Kier molecular flexibility index (Phi) is 7.42. The van der Waals surface area contributed by atoms with E-state index in [9.17, 15) is 19.6 Å². The van der Waals surface area contributed by atoms with E-state index in [1.165, 1.54) is 0 Å². The van der Waals surface area contributed by atoms with Crippen molar-refractivity contribution in [3.05, 3.63) is 30.0 Å². The van der Waals surface area contributed by atoms with Crippen molar-refractivity contribution in [3.8, 4) is 11.8 Å². The molecule has 1 aromatic carbocycles. The molecule has 1 aliphatic carbocycles. The Morgan fingerprint density at radius 1 is 1.30 bits per heavy atom. The van der Waals surface area contributed by atoms with Crippen molar-refractivity contribution in [1.29, 1.82) is 5.26 Å². The number of carbonyl (C=O) groups is 3. The molecule has 1 heterocycles. The molecule has 2 amide bonds. The average molecular weight is 453 g/mol. The third kappa shape index (κ3) is 6.13. The highest BCUT2D eigenvalue weighted by atomic mass is 16.5. The largest absolute Gasteiger partial charge is 0.496 e. The molecular weight excluding hydrogens is 420 g/mol. The molecule has 1 fully saturated rings. The number of nitrogens with one attached hydrogen (secondary N) is 3. The lowest BCUT2D eigenvalue weighted by Gasteiger charge is -2.27. The number of Topliss-reactive ketones (excluding diaryl/α,β-unsaturated/α-hetero) is 1. The van der Waals surface area contributed by atoms with Crippen LogP contribution in [0.15, 0.2) is 24.3 Å². The summed E-state index contributed by atoms with van der Waals surface area (Å²) in [6.45, 7) is 5.94. The lowest BCUT2D eigenvalue weighted by molar-refractivity contribution is -0.125. The van der Waals surface area contributed by atoms with Gasteiger partial charge in [0.15, 0.2) is 0 Å². The molecule has 176 valence electrons. The summed E-state index contributed by atoms with van der Waals surface area (Å²) in [5.74, 6) is -0.239. The lowest BCUT2D eigenvalue weighted by Crippen LogP contribution is -2.51. The zero-order chi connectivity index (χ0) is 24.2. The van der Waals surface area contributed by atoms with E-state index >= 15 is 0 Å². The molecule has 33 heavy (non-hydrogen) atoms. The minimum Gasteiger partial charge on any atom is -0.496 e. The molecule has 0 spiro atoms. The Balaban J connectivity index is 1.74. The standard InChI is InChI=1S/C25H32N4O4/c1-25(2,3)13-20(24(32)27-16(14-26)11-15-7-5-9-21(15)30)29-23(31)19-12-17-18(28-19)8-6-10-22(17)33-4/h6,8,10,12,15-16,20,28H,5,7,9,11,13H2,1-4H3,(H,27,32)(H,29,31). The van der Waals surface area contributed by atoms with Crippen LogP contribution in [0.4, 0.5) is 0 Å². The van der Waals surface area contributed by atoms with Gasteiger partial charge in [-0.15, -0.1) is 0 Å². The number of amides is 2. The van der Waals surface area contributed by atoms with E-state index < -0.39 is 23.9 Å². The van der Waals surface area contributed by atoms with Gasteiger partial charge in [-0.3, -0.25) is 14.4 Å². The van der Waals surface area contributed by atoms with E-state index in [1.807, 2.05) is 39.0 Å². The summed E-state index contributed by atoms with van der Waals surface area (Å²) < 4.78 is 5.35. The average Bonchev–Trinajstić information content (AvgIpc) is 3.37. The van der Waals surface area contributed by atoms with Crippen molar-refractivity contribution >= 4 is 28.5 Å².